The lowest BCUT2D eigenvalue weighted by Gasteiger charge is -2.25. The van der Waals surface area contributed by atoms with Gasteiger partial charge in [-0.1, -0.05) is 45.3 Å². The third-order valence-electron chi connectivity index (χ3n) is 4.74. The van der Waals surface area contributed by atoms with Crippen molar-refractivity contribution < 1.29 is 19.4 Å². The van der Waals surface area contributed by atoms with E-state index in [1.165, 1.54) is 19.3 Å². The van der Waals surface area contributed by atoms with Crippen LogP contribution >= 0.6 is 0 Å². The molecule has 1 aliphatic rings. The summed E-state index contributed by atoms with van der Waals surface area (Å²) in [5.41, 5.74) is 0. The number of rotatable bonds is 12. The summed E-state index contributed by atoms with van der Waals surface area (Å²) in [5, 5.41) is 12.6. The van der Waals surface area contributed by atoms with Crippen molar-refractivity contribution in [3.8, 4) is 0 Å². The molecule has 24 heavy (non-hydrogen) atoms. The van der Waals surface area contributed by atoms with E-state index in [9.17, 15) is 9.90 Å². The molecule has 0 aromatic rings. The van der Waals surface area contributed by atoms with Crippen LogP contribution in [-0.4, -0.2) is 49.6 Å². The van der Waals surface area contributed by atoms with Crippen molar-refractivity contribution in [2.75, 3.05) is 20.3 Å². The molecule has 4 atom stereocenters. The first-order chi connectivity index (χ1) is 11.6. The molecule has 5 heteroatoms. The highest BCUT2D eigenvalue weighted by Gasteiger charge is 2.21. The molecule has 5 nitrogen and oxygen atoms in total. The minimum Gasteiger partial charge on any atom is -0.480 e. The van der Waals surface area contributed by atoms with E-state index < -0.39 is 12.0 Å². The zero-order valence-corrected chi connectivity index (χ0v) is 15.5. The van der Waals surface area contributed by atoms with E-state index in [0.29, 0.717) is 12.5 Å². The molecule has 0 radical (unpaired) electrons. The third kappa shape index (κ3) is 8.27. The van der Waals surface area contributed by atoms with Crippen molar-refractivity contribution in [3.63, 3.8) is 0 Å². The van der Waals surface area contributed by atoms with E-state index in [-0.39, 0.29) is 12.1 Å². The van der Waals surface area contributed by atoms with Crippen LogP contribution in [0, 0.1) is 5.92 Å². The number of hydrogen-bond donors (Lipinski definition) is 2. The van der Waals surface area contributed by atoms with Gasteiger partial charge >= 0.3 is 5.97 Å². The van der Waals surface area contributed by atoms with Gasteiger partial charge in [-0.15, -0.1) is 0 Å². The molecule has 0 saturated carbocycles. The van der Waals surface area contributed by atoms with Crippen LogP contribution in [0.4, 0.5) is 0 Å². The lowest BCUT2D eigenvalue weighted by atomic mass is 9.95. The fourth-order valence-corrected chi connectivity index (χ4v) is 3.15. The maximum absolute atomic E-state index is 11.4. The number of carboxylic acid groups (broad SMARTS) is 1. The average Bonchev–Trinajstić information content (AvgIpc) is 2.58. The molecule has 0 aromatic heterocycles. The molecule has 0 amide bonds. The summed E-state index contributed by atoms with van der Waals surface area (Å²) in [6.45, 7) is 5.78. The van der Waals surface area contributed by atoms with Crippen LogP contribution in [0.5, 0.6) is 0 Å². The monoisotopic (exact) mass is 341 g/mol. The highest BCUT2D eigenvalue weighted by Crippen LogP contribution is 2.18. The van der Waals surface area contributed by atoms with E-state index in [0.717, 1.165) is 32.3 Å². The molecule has 1 aliphatic heterocycles. The number of carboxylic acids is 1. The molecule has 2 N–H and O–H groups in total. The van der Waals surface area contributed by atoms with E-state index in [1.54, 1.807) is 13.2 Å². The Bertz CT molecular complexity index is 366. The van der Waals surface area contributed by atoms with Crippen LogP contribution in [0.25, 0.3) is 0 Å². The van der Waals surface area contributed by atoms with Crippen LogP contribution in [0.2, 0.25) is 0 Å². The molecular formula is C19H35NO4. The highest BCUT2D eigenvalue weighted by atomic mass is 16.5. The van der Waals surface area contributed by atoms with Crippen LogP contribution in [0.3, 0.4) is 0 Å². The molecular weight excluding hydrogens is 306 g/mol. The lowest BCUT2D eigenvalue weighted by Crippen LogP contribution is -2.46. The predicted octanol–water partition coefficient (Wildman–Crippen LogP) is 3.39. The molecule has 140 valence electrons. The standard InChI is InChI=1S/C19H35NO4/c1-4-5-6-9-15(2)18(23-3)12-7-11-17(19(21)22)20-16-10-8-13-24-14-16/h7,11,15-18,20H,4-6,8-10,12-14H2,1-3H3,(H,21,22)/t15-,16+,17-,18-/m0/s1. The van der Waals surface area contributed by atoms with Crippen LogP contribution in [0.15, 0.2) is 12.2 Å². The van der Waals surface area contributed by atoms with Crippen molar-refractivity contribution in [2.45, 2.75) is 77.0 Å². The highest BCUT2D eigenvalue weighted by molar-refractivity contribution is 5.75. The van der Waals surface area contributed by atoms with Crippen LogP contribution < -0.4 is 5.32 Å². The van der Waals surface area contributed by atoms with Crippen molar-refractivity contribution in [1.82, 2.24) is 5.32 Å². The van der Waals surface area contributed by atoms with E-state index in [1.807, 2.05) is 6.08 Å². The van der Waals surface area contributed by atoms with Gasteiger partial charge in [-0.05, 0) is 31.6 Å². The van der Waals surface area contributed by atoms with Crippen molar-refractivity contribution >= 4 is 5.97 Å². The SMILES string of the molecule is CCCCC[C@H](C)[C@H](CC=C[C@H](N[C@@H]1CCCOC1)C(=O)O)OC. The van der Waals surface area contributed by atoms with Crippen molar-refractivity contribution in [1.29, 1.82) is 0 Å². The Morgan fingerprint density at radius 2 is 2.25 bits per heavy atom. The first kappa shape index (κ1) is 21.1. The Kier molecular flexibility index (Phi) is 11.0. The summed E-state index contributed by atoms with van der Waals surface area (Å²) in [5.74, 6) is -0.365. The molecule has 0 bridgehead atoms. The number of nitrogens with one attached hydrogen (secondary N) is 1. The van der Waals surface area contributed by atoms with Gasteiger partial charge in [-0.2, -0.15) is 0 Å². The molecule has 1 fully saturated rings. The quantitative estimate of drug-likeness (QED) is 0.421. The number of unbranched alkanes of at least 4 members (excludes halogenated alkanes) is 2. The third-order valence-corrected chi connectivity index (χ3v) is 4.74. The fourth-order valence-electron chi connectivity index (χ4n) is 3.15. The van der Waals surface area contributed by atoms with Crippen LogP contribution in [0.1, 0.15) is 58.8 Å². The molecule has 1 heterocycles. The summed E-state index contributed by atoms with van der Waals surface area (Å²) >= 11 is 0. The summed E-state index contributed by atoms with van der Waals surface area (Å²) in [4.78, 5) is 11.4. The number of methoxy groups -OCH3 is 1. The molecule has 0 aliphatic carbocycles. The van der Waals surface area contributed by atoms with Gasteiger partial charge in [0.1, 0.15) is 6.04 Å². The molecule has 1 saturated heterocycles. The number of hydrogen-bond acceptors (Lipinski definition) is 4. The minimum absolute atomic E-state index is 0.121. The van der Waals surface area contributed by atoms with Crippen LogP contribution in [-0.2, 0) is 14.3 Å². The van der Waals surface area contributed by atoms with Gasteiger partial charge in [0.15, 0.2) is 0 Å². The first-order valence-corrected chi connectivity index (χ1v) is 9.34. The second-order valence-electron chi connectivity index (χ2n) is 6.81. The topological polar surface area (TPSA) is 67.8 Å². The van der Waals surface area contributed by atoms with Gasteiger partial charge < -0.3 is 14.6 Å². The summed E-state index contributed by atoms with van der Waals surface area (Å²) in [7, 11) is 1.74. The van der Waals surface area contributed by atoms with E-state index in [2.05, 4.69) is 19.2 Å². The Balaban J connectivity index is 2.44. The van der Waals surface area contributed by atoms with Gasteiger partial charge in [0.2, 0.25) is 0 Å². The van der Waals surface area contributed by atoms with Gasteiger partial charge in [0, 0.05) is 19.8 Å². The Morgan fingerprint density at radius 3 is 2.83 bits per heavy atom. The van der Waals surface area contributed by atoms with Gasteiger partial charge in [0.05, 0.1) is 12.7 Å². The average molecular weight is 341 g/mol. The predicted molar refractivity (Wildman–Crippen MR) is 96.3 cm³/mol. The van der Waals surface area contributed by atoms with Gasteiger partial charge in [-0.3, -0.25) is 10.1 Å². The minimum atomic E-state index is -0.846. The van der Waals surface area contributed by atoms with E-state index >= 15 is 0 Å². The molecule has 0 spiro atoms. The normalized spacial score (nSPS) is 22.4. The summed E-state index contributed by atoms with van der Waals surface area (Å²) in [6, 6.07) is -0.541. The summed E-state index contributed by atoms with van der Waals surface area (Å²) < 4.78 is 11.0. The lowest BCUT2D eigenvalue weighted by molar-refractivity contribution is -0.138. The maximum Gasteiger partial charge on any atom is 0.324 e. The van der Waals surface area contributed by atoms with Crippen molar-refractivity contribution in [2.24, 2.45) is 5.92 Å². The smallest absolute Gasteiger partial charge is 0.324 e. The Hall–Kier alpha value is -0.910. The number of carbonyl (C=O) groups is 1. The largest absolute Gasteiger partial charge is 0.480 e. The Labute approximate surface area is 146 Å². The van der Waals surface area contributed by atoms with Gasteiger partial charge in [0.25, 0.3) is 0 Å². The first-order valence-electron chi connectivity index (χ1n) is 9.34. The molecule has 0 aromatic carbocycles. The maximum atomic E-state index is 11.4. The van der Waals surface area contributed by atoms with E-state index in [4.69, 9.17) is 9.47 Å². The zero-order valence-electron chi connectivity index (χ0n) is 15.5. The van der Waals surface area contributed by atoms with Crippen molar-refractivity contribution in [3.05, 3.63) is 12.2 Å². The zero-order chi connectivity index (χ0) is 17.8. The number of ether oxygens (including phenoxy) is 2. The Morgan fingerprint density at radius 1 is 1.46 bits per heavy atom. The molecule has 1 rings (SSSR count). The fraction of sp³-hybridized carbons (Fsp3) is 0.842. The molecule has 0 unspecified atom stereocenters. The number of aliphatic carboxylic acids is 1. The summed E-state index contributed by atoms with van der Waals surface area (Å²) in [6.07, 6.45) is 11.4. The van der Waals surface area contributed by atoms with Gasteiger partial charge in [-0.25, -0.2) is 0 Å². The second-order valence-corrected chi connectivity index (χ2v) is 6.81. The second kappa shape index (κ2) is 12.5.